The number of hydrogen-bond acceptors (Lipinski definition) is 9. The topological polar surface area (TPSA) is 185 Å². The van der Waals surface area contributed by atoms with E-state index in [-0.39, 0.29) is 34.1 Å². The fourth-order valence-corrected chi connectivity index (χ4v) is 11.1. The van der Waals surface area contributed by atoms with E-state index in [0.717, 1.165) is 57.6 Å². The van der Waals surface area contributed by atoms with Crippen LogP contribution in [0.3, 0.4) is 0 Å². The number of rotatable bonds is 26. The van der Waals surface area contributed by atoms with Gasteiger partial charge in [0.05, 0.1) is 70.4 Å². The van der Waals surface area contributed by atoms with Gasteiger partial charge in [0, 0.05) is 17.8 Å². The summed E-state index contributed by atoms with van der Waals surface area (Å²) < 4.78 is 2.84. The van der Waals surface area contributed by atoms with Crippen molar-refractivity contribution in [3.05, 3.63) is 117 Å². The zero-order chi connectivity index (χ0) is 56.2. The number of quaternary nitrogens is 2. The van der Waals surface area contributed by atoms with E-state index < -0.39 is 22.8 Å². The Bertz CT molecular complexity index is 2080. The molecule has 4 N–H and O–H groups in total. The summed E-state index contributed by atoms with van der Waals surface area (Å²) in [6.45, 7) is 35.6. The number of carbonyl (C=O) groups is 2. The molecular weight excluding hydrogens is 939 g/mol. The van der Waals surface area contributed by atoms with Gasteiger partial charge in [-0.25, -0.2) is 0 Å². The smallest absolute Gasteiger partial charge is 0.157 e. The number of nitriles is 1. The van der Waals surface area contributed by atoms with E-state index in [9.17, 15) is 40.2 Å². The molecule has 0 spiro atoms. The molecule has 0 atom stereocenters. The second-order valence-electron chi connectivity index (χ2n) is 21.2. The summed E-state index contributed by atoms with van der Waals surface area (Å²) in [5.41, 5.74) is 4.43. The fourth-order valence-electron chi connectivity index (χ4n) is 11.1. The van der Waals surface area contributed by atoms with Crippen LogP contribution in [0.25, 0.3) is 0 Å². The lowest BCUT2D eigenvalue weighted by Gasteiger charge is -2.54. The maximum atomic E-state index is 10.2. The number of phenolic OH excluding ortho intramolecular Hbond substituents is 4. The molecule has 3 aliphatic carbocycles. The average molecular weight is 1040 g/mol. The van der Waals surface area contributed by atoms with E-state index in [4.69, 9.17) is 5.26 Å². The Hall–Kier alpha value is -5.57. The molecule has 4 aromatic carbocycles. The molecular formula is C64H97N3O8. The van der Waals surface area contributed by atoms with Gasteiger partial charge < -0.3 is 49.2 Å². The SMILES string of the molecule is CC#N.CC12c3ccccc3C(C)(c3cc(O)c(O)cc31)c1cc(O)c(O)cc12.CCCC[N+](CCCC)(CCCC)CCCC.CCCC[N+](CCCC)(CCCC)CCCC.O=C([O-])c1ccc(C(=O)[O-])cc1. The highest BCUT2D eigenvalue weighted by Gasteiger charge is 2.55. The number of carboxylic acid groups (broad SMARTS) is 2. The van der Waals surface area contributed by atoms with Crippen LogP contribution in [-0.2, 0) is 10.8 Å². The molecule has 4 aromatic rings. The molecule has 0 saturated carbocycles. The van der Waals surface area contributed by atoms with Gasteiger partial charge in [0.1, 0.15) is 0 Å². The molecule has 11 heteroatoms. The molecule has 11 nitrogen and oxygen atoms in total. The van der Waals surface area contributed by atoms with Gasteiger partial charge in [-0.15, -0.1) is 0 Å². The number of phenols is 4. The number of unbranched alkanes of at least 4 members (excludes halogenated alkanes) is 8. The summed E-state index contributed by atoms with van der Waals surface area (Å²) in [6.07, 6.45) is 22.1. The summed E-state index contributed by atoms with van der Waals surface area (Å²) in [5, 5.41) is 68.4. The minimum absolute atomic E-state index is 0.0556. The Morgan fingerprint density at radius 2 is 0.613 bits per heavy atom. The van der Waals surface area contributed by atoms with Crippen molar-refractivity contribution in [2.24, 2.45) is 0 Å². The third kappa shape index (κ3) is 17.5. The first kappa shape index (κ1) is 65.5. The lowest BCUT2D eigenvalue weighted by atomic mass is 9.48. The lowest BCUT2D eigenvalue weighted by molar-refractivity contribution is -0.929. The third-order valence-electron chi connectivity index (χ3n) is 15.6. The van der Waals surface area contributed by atoms with Crippen molar-refractivity contribution in [1.82, 2.24) is 0 Å². The van der Waals surface area contributed by atoms with Crippen LogP contribution in [-0.4, -0.2) is 93.7 Å². The zero-order valence-electron chi connectivity index (χ0n) is 48.2. The van der Waals surface area contributed by atoms with Crippen molar-refractivity contribution >= 4 is 11.9 Å². The monoisotopic (exact) mass is 1040 g/mol. The van der Waals surface area contributed by atoms with E-state index in [2.05, 4.69) is 81.4 Å². The molecule has 2 bridgehead atoms. The quantitative estimate of drug-likeness (QED) is 0.0351. The molecule has 0 unspecified atom stereocenters. The first-order chi connectivity index (χ1) is 35.8. The molecule has 0 aliphatic heterocycles. The highest BCUT2D eigenvalue weighted by Crippen LogP contribution is 2.63. The average Bonchev–Trinajstić information content (AvgIpc) is 3.41. The van der Waals surface area contributed by atoms with E-state index in [1.165, 1.54) is 171 Å². The third-order valence-corrected chi connectivity index (χ3v) is 15.6. The molecule has 3 aliphatic rings. The predicted molar refractivity (Wildman–Crippen MR) is 302 cm³/mol. The summed E-state index contributed by atoms with van der Waals surface area (Å²) in [5.74, 6) is -3.32. The highest BCUT2D eigenvalue weighted by molar-refractivity contribution is 5.89. The molecule has 0 radical (unpaired) electrons. The maximum Gasteiger partial charge on any atom is 0.157 e. The van der Waals surface area contributed by atoms with Crippen molar-refractivity contribution in [2.75, 3.05) is 52.4 Å². The molecule has 7 rings (SSSR count). The van der Waals surface area contributed by atoms with Crippen LogP contribution in [0.2, 0.25) is 0 Å². The first-order valence-electron chi connectivity index (χ1n) is 28.6. The van der Waals surface area contributed by atoms with Crippen LogP contribution < -0.4 is 10.2 Å². The number of aromatic hydroxyl groups is 4. The van der Waals surface area contributed by atoms with Crippen LogP contribution >= 0.6 is 0 Å². The number of benzene rings is 4. The standard InChI is InChI=1S/C22H18O4.2C16H36N.C8H6O4.C2H3N/c1-21-11-5-3-4-6-12(11)22(2,15-9-19(25)17(23)7-13(15)21)16-10-20(26)18(24)8-14(16)21;2*1-5-9-13-17(14-10-6-2,15-11-7-3)16-12-8-4;9-7(10)5-1-2-6(4-3-5)8(11)12;1-2-3/h3-10,23-26H,1-2H3;2*5-16H2,1-4H3;1-4H,(H,9,10)(H,11,12);1H3/q;2*+1;;/p-2. The number of nitrogens with zero attached hydrogens (tertiary/aromatic N) is 3. The second kappa shape index (κ2) is 32.8. The molecule has 0 amide bonds. The Balaban J connectivity index is 0.000000350. The van der Waals surface area contributed by atoms with Crippen LogP contribution in [0, 0.1) is 11.3 Å². The van der Waals surface area contributed by atoms with E-state index in [1.54, 1.807) is 30.3 Å². The van der Waals surface area contributed by atoms with Crippen LogP contribution in [0.1, 0.15) is 233 Å². The van der Waals surface area contributed by atoms with Gasteiger partial charge in [0.25, 0.3) is 0 Å². The molecule has 0 aromatic heterocycles. The molecule has 75 heavy (non-hydrogen) atoms. The minimum atomic E-state index is -1.33. The molecule has 0 fully saturated rings. The Morgan fingerprint density at radius 3 is 0.773 bits per heavy atom. The van der Waals surface area contributed by atoms with Crippen molar-refractivity contribution in [3.8, 4) is 29.1 Å². The molecule has 0 heterocycles. The van der Waals surface area contributed by atoms with Gasteiger partial charge in [-0.2, -0.15) is 5.26 Å². The van der Waals surface area contributed by atoms with Crippen LogP contribution in [0.4, 0.5) is 0 Å². The number of hydrogen-bond donors (Lipinski definition) is 4. The van der Waals surface area contributed by atoms with Crippen molar-refractivity contribution in [1.29, 1.82) is 5.26 Å². The Morgan fingerprint density at radius 1 is 0.427 bits per heavy atom. The summed E-state index contributed by atoms with van der Waals surface area (Å²) in [6, 6.07) is 20.9. The van der Waals surface area contributed by atoms with Crippen molar-refractivity contribution < 1.29 is 49.2 Å². The fraction of sp³-hybridized carbons (Fsp3) is 0.578. The van der Waals surface area contributed by atoms with Gasteiger partial charge >= 0.3 is 0 Å². The summed E-state index contributed by atoms with van der Waals surface area (Å²) in [7, 11) is 0. The number of carbonyl (C=O) groups excluding carboxylic acids is 2. The van der Waals surface area contributed by atoms with Gasteiger partial charge in [-0.3, -0.25) is 0 Å². The minimum Gasteiger partial charge on any atom is -0.545 e. The van der Waals surface area contributed by atoms with Gasteiger partial charge in [0.15, 0.2) is 23.0 Å². The van der Waals surface area contributed by atoms with E-state index >= 15 is 0 Å². The second-order valence-corrected chi connectivity index (χ2v) is 21.2. The van der Waals surface area contributed by atoms with Gasteiger partial charge in [-0.1, -0.05) is 155 Å². The largest absolute Gasteiger partial charge is 0.545 e. The Kier molecular flexibility index (Phi) is 28.6. The van der Waals surface area contributed by atoms with Gasteiger partial charge in [-0.05, 0) is 134 Å². The maximum absolute atomic E-state index is 10.2. The van der Waals surface area contributed by atoms with Crippen LogP contribution in [0.15, 0.2) is 72.8 Å². The highest BCUT2D eigenvalue weighted by atomic mass is 16.4. The van der Waals surface area contributed by atoms with Crippen LogP contribution in [0.5, 0.6) is 23.0 Å². The predicted octanol–water partition coefficient (Wildman–Crippen LogP) is 12.8. The summed E-state index contributed by atoms with van der Waals surface area (Å²) >= 11 is 0. The van der Waals surface area contributed by atoms with E-state index in [0.29, 0.717) is 0 Å². The lowest BCUT2D eigenvalue weighted by Crippen LogP contribution is -2.50. The van der Waals surface area contributed by atoms with Crippen molar-refractivity contribution in [2.45, 2.75) is 190 Å². The Labute approximate surface area is 453 Å². The molecule has 0 saturated heterocycles. The summed E-state index contributed by atoms with van der Waals surface area (Å²) in [4.78, 5) is 20.4. The van der Waals surface area contributed by atoms with E-state index in [1.807, 2.05) is 12.1 Å². The van der Waals surface area contributed by atoms with Gasteiger partial charge in [0.2, 0.25) is 0 Å². The number of aromatic carboxylic acids is 2. The normalized spacial score (nSPS) is 15.6. The van der Waals surface area contributed by atoms with Crippen molar-refractivity contribution in [3.63, 3.8) is 0 Å². The first-order valence-corrected chi connectivity index (χ1v) is 28.6. The number of carboxylic acids is 2. The molecule has 416 valence electrons. The zero-order valence-corrected chi connectivity index (χ0v) is 48.2.